The first-order valence-corrected chi connectivity index (χ1v) is 8.52. The number of ether oxygens (including phenoxy) is 1. The number of nitro benzene ring substituents is 1. The van der Waals surface area contributed by atoms with Crippen molar-refractivity contribution >= 4 is 40.5 Å². The molecule has 10 heteroatoms. The van der Waals surface area contributed by atoms with Gasteiger partial charge in [0.2, 0.25) is 11.8 Å². The fourth-order valence-corrected chi connectivity index (χ4v) is 2.55. The van der Waals surface area contributed by atoms with Crippen LogP contribution in [-0.4, -0.2) is 48.9 Å². The number of carbonyl (C=O) groups is 2. The Hall–Kier alpha value is -3.17. The van der Waals surface area contributed by atoms with Crippen molar-refractivity contribution in [2.24, 2.45) is 0 Å². The van der Waals surface area contributed by atoms with Gasteiger partial charge in [-0.25, -0.2) is 0 Å². The fourth-order valence-electron chi connectivity index (χ4n) is 2.38. The van der Waals surface area contributed by atoms with E-state index in [9.17, 15) is 19.7 Å². The molecular formula is C18H19ClN4O5. The van der Waals surface area contributed by atoms with E-state index in [1.54, 1.807) is 25.2 Å². The van der Waals surface area contributed by atoms with E-state index in [-0.39, 0.29) is 30.6 Å². The number of methoxy groups -OCH3 is 1. The number of amides is 2. The molecule has 0 atom stereocenters. The maximum Gasteiger partial charge on any atom is 0.269 e. The minimum atomic E-state index is -0.521. The Kier molecular flexibility index (Phi) is 7.30. The lowest BCUT2D eigenvalue weighted by molar-refractivity contribution is -0.384. The molecule has 2 rings (SSSR count). The molecule has 2 amide bonds. The predicted molar refractivity (Wildman–Crippen MR) is 106 cm³/mol. The Bertz CT molecular complexity index is 873. The Labute approximate surface area is 166 Å². The first-order chi connectivity index (χ1) is 13.3. The molecule has 0 spiro atoms. The molecule has 0 aliphatic heterocycles. The zero-order valence-corrected chi connectivity index (χ0v) is 16.0. The second-order valence-electron chi connectivity index (χ2n) is 5.92. The van der Waals surface area contributed by atoms with Crippen molar-refractivity contribution < 1.29 is 19.2 Å². The number of non-ortho nitro benzene ring substituents is 1. The van der Waals surface area contributed by atoms with Gasteiger partial charge in [-0.15, -0.1) is 0 Å². The Morgan fingerprint density at radius 2 is 1.71 bits per heavy atom. The summed E-state index contributed by atoms with van der Waals surface area (Å²) in [4.78, 5) is 35.9. The van der Waals surface area contributed by atoms with Crippen LogP contribution in [0.4, 0.5) is 17.1 Å². The number of rotatable bonds is 8. The van der Waals surface area contributed by atoms with Gasteiger partial charge in [-0.05, 0) is 37.4 Å². The van der Waals surface area contributed by atoms with E-state index in [4.69, 9.17) is 16.3 Å². The average molecular weight is 407 g/mol. The maximum atomic E-state index is 12.2. The van der Waals surface area contributed by atoms with E-state index in [2.05, 4.69) is 10.6 Å². The highest BCUT2D eigenvalue weighted by Crippen LogP contribution is 2.27. The SMILES string of the molecule is COc1ccc(Cl)cc1NC(=O)CN(C)CC(=O)Nc1ccc([N+](=O)[O-])cc1. The van der Waals surface area contributed by atoms with Crippen LogP contribution < -0.4 is 15.4 Å². The molecule has 0 aromatic heterocycles. The van der Waals surface area contributed by atoms with Gasteiger partial charge in [0.25, 0.3) is 5.69 Å². The van der Waals surface area contributed by atoms with Crippen molar-refractivity contribution in [2.45, 2.75) is 0 Å². The normalized spacial score (nSPS) is 10.4. The molecule has 9 nitrogen and oxygen atoms in total. The largest absolute Gasteiger partial charge is 0.495 e. The zero-order chi connectivity index (χ0) is 20.7. The first kappa shape index (κ1) is 21.1. The van der Waals surface area contributed by atoms with Crippen molar-refractivity contribution in [1.29, 1.82) is 0 Å². The number of nitrogens with one attached hydrogen (secondary N) is 2. The maximum absolute atomic E-state index is 12.2. The molecule has 2 aromatic rings. The lowest BCUT2D eigenvalue weighted by Crippen LogP contribution is -2.36. The average Bonchev–Trinajstić information content (AvgIpc) is 2.61. The number of hydrogen-bond acceptors (Lipinski definition) is 6. The molecule has 2 aromatic carbocycles. The molecule has 0 heterocycles. The van der Waals surface area contributed by atoms with Gasteiger partial charge in [-0.2, -0.15) is 0 Å². The van der Waals surface area contributed by atoms with Gasteiger partial charge in [0.15, 0.2) is 0 Å². The predicted octanol–water partition coefficient (Wildman–Crippen LogP) is 2.77. The third-order valence-corrected chi connectivity index (χ3v) is 3.86. The second-order valence-corrected chi connectivity index (χ2v) is 6.35. The van der Waals surface area contributed by atoms with Crippen molar-refractivity contribution in [2.75, 3.05) is 37.9 Å². The van der Waals surface area contributed by atoms with Gasteiger partial charge in [-0.1, -0.05) is 11.6 Å². The molecule has 0 fully saturated rings. The number of carbonyl (C=O) groups excluding carboxylic acids is 2. The highest BCUT2D eigenvalue weighted by molar-refractivity contribution is 6.31. The highest BCUT2D eigenvalue weighted by Gasteiger charge is 2.14. The van der Waals surface area contributed by atoms with Crippen LogP contribution in [0.25, 0.3) is 0 Å². The monoisotopic (exact) mass is 406 g/mol. The zero-order valence-electron chi connectivity index (χ0n) is 15.3. The molecular weight excluding hydrogens is 388 g/mol. The third kappa shape index (κ3) is 6.22. The minimum absolute atomic E-state index is 0.0383. The molecule has 2 N–H and O–H groups in total. The molecule has 0 aliphatic carbocycles. The minimum Gasteiger partial charge on any atom is -0.495 e. The van der Waals surface area contributed by atoms with Gasteiger partial charge in [-0.3, -0.25) is 24.6 Å². The smallest absolute Gasteiger partial charge is 0.269 e. The number of likely N-dealkylation sites (N-methyl/N-ethyl adjacent to an activating group) is 1. The summed E-state index contributed by atoms with van der Waals surface area (Å²) in [6.07, 6.45) is 0. The molecule has 28 heavy (non-hydrogen) atoms. The second kappa shape index (κ2) is 9.67. The summed E-state index contributed by atoms with van der Waals surface area (Å²) < 4.78 is 5.17. The fraction of sp³-hybridized carbons (Fsp3) is 0.222. The third-order valence-electron chi connectivity index (χ3n) is 3.62. The summed E-state index contributed by atoms with van der Waals surface area (Å²) in [7, 11) is 3.09. The molecule has 0 bridgehead atoms. The number of benzene rings is 2. The van der Waals surface area contributed by atoms with E-state index in [1.165, 1.54) is 36.3 Å². The molecule has 148 valence electrons. The van der Waals surface area contributed by atoms with Crippen LogP contribution in [0.3, 0.4) is 0 Å². The van der Waals surface area contributed by atoms with Crippen LogP contribution in [0.1, 0.15) is 0 Å². The highest BCUT2D eigenvalue weighted by atomic mass is 35.5. The number of hydrogen-bond donors (Lipinski definition) is 2. The van der Waals surface area contributed by atoms with Crippen LogP contribution in [0.15, 0.2) is 42.5 Å². The van der Waals surface area contributed by atoms with Crippen LogP contribution in [0, 0.1) is 10.1 Å². The summed E-state index contributed by atoms with van der Waals surface area (Å²) >= 11 is 5.93. The van der Waals surface area contributed by atoms with Crippen molar-refractivity contribution in [3.63, 3.8) is 0 Å². The molecule has 0 unspecified atom stereocenters. The van der Waals surface area contributed by atoms with Crippen LogP contribution >= 0.6 is 11.6 Å². The van der Waals surface area contributed by atoms with Gasteiger partial charge in [0, 0.05) is 22.8 Å². The lowest BCUT2D eigenvalue weighted by Gasteiger charge is -2.17. The lowest BCUT2D eigenvalue weighted by atomic mass is 10.3. The van der Waals surface area contributed by atoms with Crippen LogP contribution in [0.5, 0.6) is 5.75 Å². The number of nitro groups is 1. The van der Waals surface area contributed by atoms with Gasteiger partial charge < -0.3 is 15.4 Å². The number of nitrogens with zero attached hydrogens (tertiary/aromatic N) is 2. The molecule has 0 radical (unpaired) electrons. The van der Waals surface area contributed by atoms with Crippen LogP contribution in [-0.2, 0) is 9.59 Å². The van der Waals surface area contributed by atoms with E-state index in [0.717, 1.165) is 0 Å². The standard InChI is InChI=1S/C18H19ClN4O5/c1-22(10-17(24)20-13-4-6-14(7-5-13)23(26)27)11-18(25)21-15-9-12(19)3-8-16(15)28-2/h3-9H,10-11H2,1-2H3,(H,20,24)(H,21,25). The van der Waals surface area contributed by atoms with E-state index >= 15 is 0 Å². The summed E-state index contributed by atoms with van der Waals surface area (Å²) in [6.45, 7) is -0.0829. The number of anilines is 2. The molecule has 0 saturated heterocycles. The van der Waals surface area contributed by atoms with E-state index in [1.807, 2.05) is 0 Å². The summed E-state index contributed by atoms with van der Waals surface area (Å²) in [5.41, 5.74) is 0.795. The number of halogens is 1. The summed E-state index contributed by atoms with van der Waals surface area (Å²) in [6, 6.07) is 10.3. The molecule has 0 saturated carbocycles. The quantitative estimate of drug-likeness (QED) is 0.514. The van der Waals surface area contributed by atoms with Crippen molar-refractivity contribution in [1.82, 2.24) is 4.90 Å². The van der Waals surface area contributed by atoms with E-state index < -0.39 is 4.92 Å². The summed E-state index contributed by atoms with van der Waals surface area (Å²) in [5, 5.41) is 16.4. The summed E-state index contributed by atoms with van der Waals surface area (Å²) in [5.74, 6) is -0.230. The Balaban J connectivity index is 1.86. The van der Waals surface area contributed by atoms with Crippen molar-refractivity contribution in [3.05, 3.63) is 57.6 Å². The Morgan fingerprint density at radius 3 is 2.29 bits per heavy atom. The first-order valence-electron chi connectivity index (χ1n) is 8.14. The van der Waals surface area contributed by atoms with E-state index in [0.29, 0.717) is 22.1 Å². The van der Waals surface area contributed by atoms with Crippen molar-refractivity contribution in [3.8, 4) is 5.75 Å². The Morgan fingerprint density at radius 1 is 1.11 bits per heavy atom. The van der Waals surface area contributed by atoms with Gasteiger partial charge >= 0.3 is 0 Å². The topological polar surface area (TPSA) is 114 Å². The van der Waals surface area contributed by atoms with Gasteiger partial charge in [0.05, 0.1) is 30.8 Å². The van der Waals surface area contributed by atoms with Crippen LogP contribution in [0.2, 0.25) is 5.02 Å². The molecule has 0 aliphatic rings. The van der Waals surface area contributed by atoms with Gasteiger partial charge in [0.1, 0.15) is 5.75 Å².